The van der Waals surface area contributed by atoms with Crippen LogP contribution < -0.4 is 10.1 Å². The van der Waals surface area contributed by atoms with Crippen molar-refractivity contribution in [2.45, 2.75) is 37.6 Å². The lowest BCUT2D eigenvalue weighted by Crippen LogP contribution is -2.41. The number of sulfone groups is 1. The van der Waals surface area contributed by atoms with Gasteiger partial charge in [0.15, 0.2) is 9.84 Å². The van der Waals surface area contributed by atoms with E-state index in [1.165, 1.54) is 6.20 Å². The molecule has 2 heterocycles. The molecule has 1 aliphatic heterocycles. The number of para-hydroxylation sites is 1. The summed E-state index contributed by atoms with van der Waals surface area (Å²) < 4.78 is 34.7. The third-order valence-electron chi connectivity index (χ3n) is 5.52. The van der Waals surface area contributed by atoms with Gasteiger partial charge in [-0.1, -0.05) is 24.3 Å². The molecule has 32 heavy (non-hydrogen) atoms. The second-order valence-corrected chi connectivity index (χ2v) is 10.2. The van der Waals surface area contributed by atoms with Crippen molar-refractivity contribution < 1.29 is 22.7 Å². The highest BCUT2D eigenvalue weighted by molar-refractivity contribution is 7.93. The minimum Gasteiger partial charge on any atom is -0.438 e. The van der Waals surface area contributed by atoms with Gasteiger partial charge in [0.25, 0.3) is 5.91 Å². The number of amides is 1. The second-order valence-electron chi connectivity index (χ2n) is 8.24. The Morgan fingerprint density at radius 1 is 1.19 bits per heavy atom. The summed E-state index contributed by atoms with van der Waals surface area (Å²) in [5.41, 5.74) is 0.211. The number of carbonyl (C=O) groups excluding carboxylic acids is 1. The maximum atomic E-state index is 13.2. The molecule has 1 unspecified atom stereocenters. The maximum absolute atomic E-state index is 13.2. The molecule has 1 aromatic carbocycles. The van der Waals surface area contributed by atoms with E-state index >= 15 is 0 Å². The predicted octanol–water partition coefficient (Wildman–Crippen LogP) is 3.23. The lowest BCUT2D eigenvalue weighted by molar-refractivity contribution is 0.0569. The molecular weight excluding hydrogens is 430 g/mol. The molecule has 1 N–H and O–H groups in total. The van der Waals surface area contributed by atoms with Crippen molar-refractivity contribution in [3.05, 3.63) is 59.4 Å². The van der Waals surface area contributed by atoms with Gasteiger partial charge in [0.05, 0.1) is 6.04 Å². The fourth-order valence-corrected chi connectivity index (χ4v) is 4.06. The van der Waals surface area contributed by atoms with Crippen LogP contribution in [0.2, 0.25) is 0 Å². The fraction of sp³-hybridized carbons (Fsp3) is 0.435. The number of hydrogen-bond acceptors (Lipinski definition) is 7. The van der Waals surface area contributed by atoms with E-state index < -0.39 is 21.8 Å². The standard InChI is InChI=1S/C23H27N3O5S/c1-32(28,29)14-11-20(16-9-12-30-13-10-16)25-22(27)19-15-24-21(17-7-8-17)26-23(19)31-18-5-3-2-4-6-18/h2-6,11,14-17,20H,7-10,12-13H2,1H3,(H,25,27)/b14-11+. The molecule has 2 aromatic rings. The smallest absolute Gasteiger partial charge is 0.258 e. The van der Waals surface area contributed by atoms with Crippen molar-refractivity contribution in [1.29, 1.82) is 0 Å². The molecule has 1 atom stereocenters. The van der Waals surface area contributed by atoms with Crippen molar-refractivity contribution in [3.63, 3.8) is 0 Å². The lowest BCUT2D eigenvalue weighted by Gasteiger charge is -2.29. The number of benzene rings is 1. The SMILES string of the molecule is CS(=O)(=O)/C=C/C(NC(=O)c1cnc(C2CC2)nc1Oc1ccccc1)C1CCOCC1. The molecule has 0 bridgehead atoms. The van der Waals surface area contributed by atoms with Gasteiger partial charge in [0.1, 0.15) is 17.1 Å². The molecule has 170 valence electrons. The van der Waals surface area contributed by atoms with Crippen LogP contribution in [0.1, 0.15) is 47.8 Å². The Labute approximate surface area is 188 Å². The quantitative estimate of drug-likeness (QED) is 0.648. The number of carbonyl (C=O) groups is 1. The Morgan fingerprint density at radius 3 is 2.56 bits per heavy atom. The van der Waals surface area contributed by atoms with E-state index in [-0.39, 0.29) is 17.4 Å². The minimum absolute atomic E-state index is 0.0656. The Balaban J connectivity index is 1.60. The van der Waals surface area contributed by atoms with E-state index in [0.717, 1.165) is 37.3 Å². The zero-order valence-electron chi connectivity index (χ0n) is 17.9. The summed E-state index contributed by atoms with van der Waals surface area (Å²) in [5, 5.41) is 4.10. The van der Waals surface area contributed by atoms with E-state index in [1.807, 2.05) is 18.2 Å². The molecule has 9 heteroatoms. The van der Waals surface area contributed by atoms with Gasteiger partial charge in [0.2, 0.25) is 5.88 Å². The van der Waals surface area contributed by atoms with Crippen LogP contribution in [0.3, 0.4) is 0 Å². The summed E-state index contributed by atoms with van der Waals surface area (Å²) in [6, 6.07) is 8.68. The predicted molar refractivity (Wildman–Crippen MR) is 119 cm³/mol. The highest BCUT2D eigenvalue weighted by atomic mass is 32.2. The molecule has 1 saturated heterocycles. The summed E-state index contributed by atoms with van der Waals surface area (Å²) in [4.78, 5) is 22.2. The summed E-state index contributed by atoms with van der Waals surface area (Å²) >= 11 is 0. The van der Waals surface area contributed by atoms with E-state index in [2.05, 4.69) is 15.3 Å². The minimum atomic E-state index is -3.33. The van der Waals surface area contributed by atoms with Crippen LogP contribution >= 0.6 is 0 Å². The van der Waals surface area contributed by atoms with Crippen molar-refractivity contribution in [2.24, 2.45) is 5.92 Å². The topological polar surface area (TPSA) is 107 Å². The average Bonchev–Trinajstić information content (AvgIpc) is 3.63. The van der Waals surface area contributed by atoms with Crippen molar-refractivity contribution in [3.8, 4) is 11.6 Å². The molecule has 1 saturated carbocycles. The molecule has 1 aromatic heterocycles. The lowest BCUT2D eigenvalue weighted by atomic mass is 9.91. The van der Waals surface area contributed by atoms with E-state index in [0.29, 0.717) is 30.7 Å². The van der Waals surface area contributed by atoms with E-state index in [1.54, 1.807) is 18.2 Å². The van der Waals surface area contributed by atoms with Crippen molar-refractivity contribution in [1.82, 2.24) is 15.3 Å². The Kier molecular flexibility index (Phi) is 6.86. The van der Waals surface area contributed by atoms with Gasteiger partial charge >= 0.3 is 0 Å². The third-order valence-corrected chi connectivity index (χ3v) is 6.17. The van der Waals surface area contributed by atoms with Crippen molar-refractivity contribution >= 4 is 15.7 Å². The van der Waals surface area contributed by atoms with E-state index in [9.17, 15) is 13.2 Å². The van der Waals surface area contributed by atoms with Gasteiger partial charge < -0.3 is 14.8 Å². The zero-order chi connectivity index (χ0) is 22.6. The first-order valence-electron chi connectivity index (χ1n) is 10.8. The van der Waals surface area contributed by atoms with Crippen LogP contribution in [0.15, 0.2) is 48.0 Å². The number of nitrogens with zero attached hydrogens (tertiary/aromatic N) is 2. The summed E-state index contributed by atoms with van der Waals surface area (Å²) in [5.74, 6) is 1.40. The van der Waals surface area contributed by atoms with Gasteiger partial charge in [-0.15, -0.1) is 0 Å². The van der Waals surface area contributed by atoms with Gasteiger partial charge in [0, 0.05) is 37.0 Å². The molecule has 2 aliphatic rings. The third kappa shape index (κ3) is 6.14. The average molecular weight is 458 g/mol. The fourth-order valence-electron chi connectivity index (χ4n) is 3.61. The van der Waals surface area contributed by atoms with Gasteiger partial charge in [-0.2, -0.15) is 4.98 Å². The summed E-state index contributed by atoms with van der Waals surface area (Å²) in [6.07, 6.45) is 7.67. The highest BCUT2D eigenvalue weighted by Crippen LogP contribution is 2.39. The van der Waals surface area contributed by atoms with Crippen LogP contribution in [0, 0.1) is 5.92 Å². The Morgan fingerprint density at radius 2 is 1.91 bits per heavy atom. The summed E-state index contributed by atoms with van der Waals surface area (Å²) in [7, 11) is -3.33. The number of rotatable bonds is 8. The molecular formula is C23H27N3O5S. The second kappa shape index (κ2) is 9.79. The van der Waals surface area contributed by atoms with Crippen molar-refractivity contribution in [2.75, 3.05) is 19.5 Å². The maximum Gasteiger partial charge on any atom is 0.258 e. The van der Waals surface area contributed by atoms with Gasteiger partial charge in [-0.3, -0.25) is 4.79 Å². The molecule has 4 rings (SSSR count). The van der Waals surface area contributed by atoms with Crippen LogP contribution in [0.5, 0.6) is 11.6 Å². The molecule has 8 nitrogen and oxygen atoms in total. The van der Waals surface area contributed by atoms with Gasteiger partial charge in [-0.25, -0.2) is 13.4 Å². The summed E-state index contributed by atoms with van der Waals surface area (Å²) in [6.45, 7) is 1.15. The Hall–Kier alpha value is -2.78. The monoisotopic (exact) mass is 457 g/mol. The first kappa shape index (κ1) is 22.4. The van der Waals surface area contributed by atoms with Crippen LogP contribution in [0.4, 0.5) is 0 Å². The highest BCUT2D eigenvalue weighted by Gasteiger charge is 2.30. The van der Waals surface area contributed by atoms with Crippen LogP contribution in [-0.2, 0) is 14.6 Å². The van der Waals surface area contributed by atoms with E-state index in [4.69, 9.17) is 9.47 Å². The molecule has 0 spiro atoms. The molecule has 2 fully saturated rings. The zero-order valence-corrected chi connectivity index (χ0v) is 18.8. The Bertz CT molecular complexity index is 1080. The van der Waals surface area contributed by atoms with Crippen LogP contribution in [-0.4, -0.2) is 49.8 Å². The number of ether oxygens (including phenoxy) is 2. The van der Waals surface area contributed by atoms with Gasteiger partial charge in [-0.05, 0) is 43.7 Å². The normalized spacial score (nSPS) is 18.4. The van der Waals surface area contributed by atoms with Crippen LogP contribution in [0.25, 0.3) is 0 Å². The molecule has 0 radical (unpaired) electrons. The number of nitrogens with one attached hydrogen (secondary N) is 1. The first-order chi connectivity index (χ1) is 15.4. The molecule has 1 amide bonds. The molecule has 1 aliphatic carbocycles. The number of aromatic nitrogens is 2. The largest absolute Gasteiger partial charge is 0.438 e. The number of hydrogen-bond donors (Lipinski definition) is 1. The first-order valence-corrected chi connectivity index (χ1v) is 12.7.